The third kappa shape index (κ3) is 5.84. The number of likely N-dealkylation sites (tertiary alicyclic amines) is 1. The molecule has 1 saturated heterocycles. The third-order valence-electron chi connectivity index (χ3n) is 6.45. The zero-order chi connectivity index (χ0) is 27.1. The Bertz CT molecular complexity index is 1170. The molecule has 4 rings (SSSR count). The van der Waals surface area contributed by atoms with Crippen LogP contribution in [0.1, 0.15) is 71.8 Å². The van der Waals surface area contributed by atoms with E-state index in [9.17, 15) is 36.6 Å². The van der Waals surface area contributed by atoms with Crippen LogP contribution in [0.3, 0.4) is 0 Å². The SMILES string of the molecule is CCC(Nc1cc(C(F)F)c(-c2sc(C(=O)N[C@H]3C[C@H]3O)nc2C(=O)N2CCC[C@@H]2C)cn1)C(F)(F)F. The van der Waals surface area contributed by atoms with Crippen molar-refractivity contribution >= 4 is 29.0 Å². The number of aliphatic hydroxyl groups is 1. The molecule has 2 aliphatic rings. The number of hydrogen-bond acceptors (Lipinski definition) is 7. The fourth-order valence-corrected chi connectivity index (χ4v) is 5.19. The Kier molecular flexibility index (Phi) is 7.70. The summed E-state index contributed by atoms with van der Waals surface area (Å²) in [4.78, 5) is 35.7. The quantitative estimate of drug-likeness (QED) is 0.424. The van der Waals surface area contributed by atoms with Gasteiger partial charge in [-0.2, -0.15) is 13.2 Å². The Hall–Kier alpha value is -2.87. The van der Waals surface area contributed by atoms with Gasteiger partial charge < -0.3 is 20.6 Å². The fourth-order valence-electron chi connectivity index (χ4n) is 4.20. The Morgan fingerprint density at radius 3 is 2.57 bits per heavy atom. The first kappa shape index (κ1) is 27.2. The first-order valence-electron chi connectivity index (χ1n) is 11.8. The van der Waals surface area contributed by atoms with Crippen molar-refractivity contribution in [3.05, 3.63) is 28.5 Å². The molecule has 1 aliphatic carbocycles. The number of amides is 2. The summed E-state index contributed by atoms with van der Waals surface area (Å²) in [5.74, 6) is -1.59. The van der Waals surface area contributed by atoms with Crippen LogP contribution in [-0.2, 0) is 0 Å². The van der Waals surface area contributed by atoms with Crippen LogP contribution < -0.4 is 10.6 Å². The van der Waals surface area contributed by atoms with Crippen molar-refractivity contribution in [2.75, 3.05) is 11.9 Å². The molecule has 1 unspecified atom stereocenters. The predicted octanol–water partition coefficient (Wildman–Crippen LogP) is 4.38. The summed E-state index contributed by atoms with van der Waals surface area (Å²) in [6.07, 6.45) is -5.91. The molecule has 202 valence electrons. The topological polar surface area (TPSA) is 107 Å². The van der Waals surface area contributed by atoms with E-state index in [1.165, 1.54) is 6.92 Å². The number of aliphatic hydroxyl groups excluding tert-OH is 1. The van der Waals surface area contributed by atoms with Crippen LogP contribution in [0, 0.1) is 0 Å². The largest absolute Gasteiger partial charge is 0.408 e. The Balaban J connectivity index is 1.75. The number of carbonyl (C=O) groups excluding carboxylic acids is 2. The van der Waals surface area contributed by atoms with E-state index in [2.05, 4.69) is 20.6 Å². The van der Waals surface area contributed by atoms with E-state index in [4.69, 9.17) is 0 Å². The average Bonchev–Trinajstić information content (AvgIpc) is 3.20. The minimum absolute atomic E-state index is 0.0252. The van der Waals surface area contributed by atoms with Crippen LogP contribution >= 0.6 is 11.3 Å². The van der Waals surface area contributed by atoms with Gasteiger partial charge in [-0.15, -0.1) is 11.3 Å². The van der Waals surface area contributed by atoms with Gasteiger partial charge in [0.25, 0.3) is 18.2 Å². The van der Waals surface area contributed by atoms with E-state index in [1.807, 2.05) is 6.92 Å². The number of pyridine rings is 1. The lowest BCUT2D eigenvalue weighted by Gasteiger charge is -2.22. The van der Waals surface area contributed by atoms with Crippen LogP contribution in [0.25, 0.3) is 10.4 Å². The molecule has 0 aromatic carbocycles. The number of carbonyl (C=O) groups is 2. The number of nitrogens with one attached hydrogen (secondary N) is 2. The van der Waals surface area contributed by atoms with Crippen LogP contribution in [0.5, 0.6) is 0 Å². The second kappa shape index (κ2) is 10.5. The van der Waals surface area contributed by atoms with Gasteiger partial charge in [0, 0.05) is 29.9 Å². The molecule has 3 heterocycles. The highest BCUT2D eigenvalue weighted by Crippen LogP contribution is 2.39. The van der Waals surface area contributed by atoms with Crippen LogP contribution in [-0.4, -0.2) is 68.7 Å². The number of hydrogen-bond donors (Lipinski definition) is 3. The van der Waals surface area contributed by atoms with Crippen molar-refractivity contribution in [1.82, 2.24) is 20.2 Å². The molecule has 1 saturated carbocycles. The number of rotatable bonds is 8. The molecule has 2 amide bonds. The maximum Gasteiger partial charge on any atom is 0.408 e. The number of thiazole rings is 1. The molecule has 1 aliphatic heterocycles. The Labute approximate surface area is 213 Å². The van der Waals surface area contributed by atoms with Crippen LogP contribution in [0.15, 0.2) is 12.3 Å². The molecule has 3 N–H and O–H groups in total. The molecule has 37 heavy (non-hydrogen) atoms. The second-order valence-electron chi connectivity index (χ2n) is 9.17. The first-order chi connectivity index (χ1) is 17.4. The van der Waals surface area contributed by atoms with Crippen molar-refractivity contribution in [2.24, 2.45) is 0 Å². The summed E-state index contributed by atoms with van der Waals surface area (Å²) in [6, 6.07) is -1.74. The van der Waals surface area contributed by atoms with Crippen molar-refractivity contribution < 1.29 is 36.6 Å². The Morgan fingerprint density at radius 2 is 2.03 bits per heavy atom. The molecule has 4 atom stereocenters. The minimum atomic E-state index is -4.61. The van der Waals surface area contributed by atoms with Gasteiger partial charge in [-0.25, -0.2) is 18.7 Å². The summed E-state index contributed by atoms with van der Waals surface area (Å²) in [5, 5.41) is 14.1. The predicted molar refractivity (Wildman–Crippen MR) is 126 cm³/mol. The van der Waals surface area contributed by atoms with Crippen molar-refractivity contribution in [1.29, 1.82) is 0 Å². The zero-order valence-electron chi connectivity index (χ0n) is 20.0. The molecule has 2 aromatic rings. The van der Waals surface area contributed by atoms with E-state index in [-0.39, 0.29) is 33.6 Å². The highest BCUT2D eigenvalue weighted by molar-refractivity contribution is 7.17. The van der Waals surface area contributed by atoms with Gasteiger partial charge >= 0.3 is 6.18 Å². The monoisotopic (exact) mass is 547 g/mol. The van der Waals surface area contributed by atoms with E-state index < -0.39 is 54.0 Å². The van der Waals surface area contributed by atoms with E-state index in [0.717, 1.165) is 25.1 Å². The molecule has 0 spiro atoms. The number of alkyl halides is 5. The molecule has 14 heteroatoms. The second-order valence-corrected chi connectivity index (χ2v) is 10.2. The van der Waals surface area contributed by atoms with Gasteiger partial charge in [-0.05, 0) is 38.7 Å². The summed E-state index contributed by atoms with van der Waals surface area (Å²) in [7, 11) is 0. The van der Waals surface area contributed by atoms with Crippen LogP contribution in [0.2, 0.25) is 0 Å². The molecule has 0 radical (unpaired) electrons. The molecule has 0 bridgehead atoms. The minimum Gasteiger partial charge on any atom is -0.391 e. The average molecular weight is 548 g/mol. The molecule has 2 fully saturated rings. The molecule has 2 aromatic heterocycles. The summed E-state index contributed by atoms with van der Waals surface area (Å²) in [6.45, 7) is 3.58. The number of anilines is 1. The fraction of sp³-hybridized carbons (Fsp3) is 0.565. The number of aromatic nitrogens is 2. The smallest absolute Gasteiger partial charge is 0.391 e. The summed E-state index contributed by atoms with van der Waals surface area (Å²) < 4.78 is 67.8. The van der Waals surface area contributed by atoms with Crippen LogP contribution in [0.4, 0.5) is 27.8 Å². The maximum atomic E-state index is 14.1. The van der Waals surface area contributed by atoms with Crippen molar-refractivity contribution in [3.8, 4) is 10.4 Å². The lowest BCUT2D eigenvalue weighted by molar-refractivity contribution is -0.142. The lowest BCUT2D eigenvalue weighted by Crippen LogP contribution is -2.35. The zero-order valence-corrected chi connectivity index (χ0v) is 20.8. The van der Waals surface area contributed by atoms with Gasteiger partial charge in [0.05, 0.1) is 17.0 Å². The lowest BCUT2D eigenvalue weighted by atomic mass is 10.1. The molecular formula is C23H26F5N5O3S. The van der Waals surface area contributed by atoms with Crippen molar-refractivity contribution in [2.45, 2.75) is 76.4 Å². The number of halogens is 5. The third-order valence-corrected chi connectivity index (χ3v) is 7.54. The first-order valence-corrected chi connectivity index (χ1v) is 12.6. The van der Waals surface area contributed by atoms with Crippen molar-refractivity contribution in [3.63, 3.8) is 0 Å². The maximum absolute atomic E-state index is 14.1. The highest BCUT2D eigenvalue weighted by atomic mass is 32.1. The number of nitrogens with zero attached hydrogens (tertiary/aromatic N) is 3. The van der Waals surface area contributed by atoms with Gasteiger partial charge in [-0.1, -0.05) is 6.92 Å². The van der Waals surface area contributed by atoms with Gasteiger partial charge in [0.15, 0.2) is 5.01 Å². The van der Waals surface area contributed by atoms with Gasteiger partial charge in [-0.3, -0.25) is 9.59 Å². The van der Waals surface area contributed by atoms with E-state index in [0.29, 0.717) is 24.3 Å². The van der Waals surface area contributed by atoms with E-state index in [1.54, 1.807) is 4.90 Å². The standard InChI is InChI=1S/C23H26F5N5O3S/c1-3-15(23(26,27)28)31-16-7-11(19(24)25)12(9-29-16)18-17(22(36)33-6-4-5-10(33)2)32-21(37-18)20(35)30-13-8-14(13)34/h7,9-10,13-15,19,34H,3-6,8H2,1-2H3,(H,29,31)(H,30,35)/t10-,13-,14+,15?/m0/s1. The van der Waals surface area contributed by atoms with Gasteiger partial charge in [0.2, 0.25) is 0 Å². The molecular weight excluding hydrogens is 521 g/mol. The normalized spacial score (nSPS) is 22.3. The summed E-state index contributed by atoms with van der Waals surface area (Å²) >= 11 is 0.714. The highest BCUT2D eigenvalue weighted by Gasteiger charge is 2.40. The molecule has 8 nitrogen and oxygen atoms in total. The van der Waals surface area contributed by atoms with Gasteiger partial charge in [0.1, 0.15) is 17.6 Å². The Morgan fingerprint density at radius 1 is 1.32 bits per heavy atom. The summed E-state index contributed by atoms with van der Waals surface area (Å²) in [5.41, 5.74) is -1.04. The van der Waals surface area contributed by atoms with E-state index >= 15 is 0 Å².